The Labute approximate surface area is 214 Å². The van der Waals surface area contributed by atoms with Crippen molar-refractivity contribution in [2.45, 2.75) is 59.1 Å². The van der Waals surface area contributed by atoms with Gasteiger partial charge < -0.3 is 10.5 Å². The van der Waals surface area contributed by atoms with Crippen molar-refractivity contribution in [1.29, 1.82) is 0 Å². The minimum atomic E-state index is -1.84. The van der Waals surface area contributed by atoms with E-state index < -0.39 is 34.7 Å². The molecule has 3 rings (SSSR count). The lowest BCUT2D eigenvalue weighted by Gasteiger charge is -2.48. The first-order chi connectivity index (χ1) is 17.1. The highest BCUT2D eigenvalue weighted by Crippen LogP contribution is 2.46. The number of nitrogens with zero attached hydrogens (tertiary/aromatic N) is 4. The lowest BCUT2D eigenvalue weighted by Crippen LogP contribution is -2.63. The topological polar surface area (TPSA) is 142 Å². The van der Waals surface area contributed by atoms with Gasteiger partial charge in [0.25, 0.3) is 11.7 Å². The maximum atomic E-state index is 14.0. The van der Waals surface area contributed by atoms with Gasteiger partial charge in [0.1, 0.15) is 0 Å². The molecule has 3 aromatic rings. The number of aromatic nitrogens is 4. The Balaban J connectivity index is 2.05. The summed E-state index contributed by atoms with van der Waals surface area (Å²) in [5.41, 5.74) is 4.31. The van der Waals surface area contributed by atoms with Gasteiger partial charge in [0.15, 0.2) is 10.7 Å². The van der Waals surface area contributed by atoms with Crippen LogP contribution < -0.4 is 11.1 Å². The predicted molar refractivity (Wildman–Crippen MR) is 137 cm³/mol. The van der Waals surface area contributed by atoms with Crippen molar-refractivity contribution in [1.82, 2.24) is 19.7 Å². The van der Waals surface area contributed by atoms with Crippen LogP contribution in [0.2, 0.25) is 0 Å². The number of carbonyl (C=O) groups is 3. The molecule has 11 heteroatoms. The van der Waals surface area contributed by atoms with Crippen LogP contribution in [0, 0.1) is 11.3 Å². The van der Waals surface area contributed by atoms with Crippen molar-refractivity contribution in [3.63, 3.8) is 0 Å². The second-order valence-corrected chi connectivity index (χ2v) is 10.1. The molecule has 36 heavy (non-hydrogen) atoms. The van der Waals surface area contributed by atoms with Gasteiger partial charge in [-0.25, -0.2) is 9.78 Å². The zero-order valence-electron chi connectivity index (χ0n) is 20.9. The fraction of sp³-hybridized carbons (Fsp3) is 0.440. The van der Waals surface area contributed by atoms with E-state index in [1.165, 1.54) is 17.5 Å². The second kappa shape index (κ2) is 11.4. The quantitative estimate of drug-likeness (QED) is 0.345. The molecule has 192 valence electrons. The Bertz CT molecular complexity index is 1180. The molecular weight excluding hydrogens is 480 g/mol. The van der Waals surface area contributed by atoms with Crippen LogP contribution in [0.5, 0.6) is 0 Å². The normalized spacial score (nSPS) is 14.0. The van der Waals surface area contributed by atoms with Crippen LogP contribution >= 0.6 is 11.3 Å². The molecule has 2 atom stereocenters. The zero-order chi connectivity index (χ0) is 26.3. The third kappa shape index (κ3) is 5.62. The molecule has 0 bridgehead atoms. The summed E-state index contributed by atoms with van der Waals surface area (Å²) in [5, 5.41) is 9.13. The molecule has 10 nitrogen and oxygen atoms in total. The Hall–Kier alpha value is -3.60. The summed E-state index contributed by atoms with van der Waals surface area (Å²) < 4.78 is 7.42. The van der Waals surface area contributed by atoms with Gasteiger partial charge in [-0.2, -0.15) is 5.10 Å². The number of thiazole rings is 1. The smallest absolute Gasteiger partial charge is 0.405 e. The molecule has 3 aromatic heterocycles. The Morgan fingerprint density at radius 2 is 2.00 bits per heavy atom. The fourth-order valence-electron chi connectivity index (χ4n) is 4.79. The van der Waals surface area contributed by atoms with Gasteiger partial charge in [-0.15, -0.1) is 11.3 Å². The summed E-state index contributed by atoms with van der Waals surface area (Å²) in [4.78, 5) is 47.6. The molecule has 0 saturated heterocycles. The highest BCUT2D eigenvalue weighted by atomic mass is 32.1. The maximum Gasteiger partial charge on any atom is 0.405 e. The standard InChI is InChI=1S/C25H32N6O4S/c1-5-10-24(3,4)25(35-22(26)34,20(32)21(33)29-23-28-12-14-36-23)18(6-2)16-31-13-9-19(30-31)17-8-7-11-27-15-17/h7-9,11-15,18H,5-6,10,16H2,1-4H3,(H2,26,34)(H,28,29,33). The van der Waals surface area contributed by atoms with E-state index in [1.807, 2.05) is 45.9 Å². The molecule has 3 N–H and O–H groups in total. The van der Waals surface area contributed by atoms with Crippen molar-refractivity contribution >= 4 is 34.3 Å². The van der Waals surface area contributed by atoms with E-state index in [-0.39, 0.29) is 11.7 Å². The minimum Gasteiger partial charge on any atom is -0.433 e. The first kappa shape index (κ1) is 27.0. The highest BCUT2D eigenvalue weighted by molar-refractivity contribution is 7.13. The van der Waals surface area contributed by atoms with Gasteiger partial charge in [-0.3, -0.25) is 24.6 Å². The average Bonchev–Trinajstić information content (AvgIpc) is 3.53. The Kier molecular flexibility index (Phi) is 8.57. The number of ketones is 1. The molecule has 0 radical (unpaired) electrons. The highest BCUT2D eigenvalue weighted by Gasteiger charge is 2.60. The SMILES string of the molecule is CCCC(C)(C)C(OC(N)=O)(C(=O)C(=O)Nc1nccs1)C(CC)Cn1ccc(-c2cccnc2)n1. The fourth-order valence-corrected chi connectivity index (χ4v) is 5.32. The zero-order valence-corrected chi connectivity index (χ0v) is 21.7. The molecule has 0 fully saturated rings. The first-order valence-corrected chi connectivity index (χ1v) is 12.7. The van der Waals surface area contributed by atoms with Crippen molar-refractivity contribution in [3.8, 4) is 11.3 Å². The number of Topliss-reactive ketones (excluding diaryl/α,β-unsaturated/α-hetero) is 1. The van der Waals surface area contributed by atoms with Crippen LogP contribution in [0.25, 0.3) is 11.3 Å². The van der Waals surface area contributed by atoms with E-state index in [4.69, 9.17) is 10.5 Å². The lowest BCUT2D eigenvalue weighted by molar-refractivity contribution is -0.169. The Morgan fingerprint density at radius 1 is 1.22 bits per heavy atom. The molecule has 0 aliphatic carbocycles. The van der Waals surface area contributed by atoms with E-state index in [0.29, 0.717) is 25.0 Å². The van der Waals surface area contributed by atoms with Gasteiger partial charge in [0.2, 0.25) is 0 Å². The molecule has 0 saturated carbocycles. The van der Waals surface area contributed by atoms with E-state index in [0.717, 1.165) is 5.56 Å². The number of ether oxygens (including phenoxy) is 1. The number of pyridine rings is 1. The van der Waals surface area contributed by atoms with E-state index in [2.05, 4.69) is 20.4 Å². The third-order valence-electron chi connectivity index (χ3n) is 6.41. The first-order valence-electron chi connectivity index (χ1n) is 11.8. The van der Waals surface area contributed by atoms with Crippen LogP contribution in [0.3, 0.4) is 0 Å². The largest absolute Gasteiger partial charge is 0.433 e. The van der Waals surface area contributed by atoms with E-state index in [1.54, 1.807) is 28.7 Å². The number of rotatable bonds is 12. The summed E-state index contributed by atoms with van der Waals surface area (Å²) >= 11 is 1.18. The molecule has 0 aliphatic heterocycles. The van der Waals surface area contributed by atoms with Crippen molar-refractivity contribution in [2.24, 2.45) is 17.1 Å². The number of anilines is 1. The third-order valence-corrected chi connectivity index (χ3v) is 7.10. The van der Waals surface area contributed by atoms with Crippen LogP contribution in [0.15, 0.2) is 48.4 Å². The van der Waals surface area contributed by atoms with Crippen molar-refractivity contribution in [3.05, 3.63) is 48.4 Å². The molecule has 0 aliphatic rings. The van der Waals surface area contributed by atoms with Gasteiger partial charge in [0.05, 0.1) is 5.69 Å². The molecule has 3 heterocycles. The number of hydrogen-bond donors (Lipinski definition) is 2. The summed E-state index contributed by atoms with van der Waals surface area (Å²) in [7, 11) is 0. The van der Waals surface area contributed by atoms with Gasteiger partial charge in [-0.1, -0.05) is 34.1 Å². The lowest BCUT2D eigenvalue weighted by atomic mass is 9.62. The number of hydrogen-bond acceptors (Lipinski definition) is 8. The molecular formula is C25H32N6O4S. The van der Waals surface area contributed by atoms with E-state index >= 15 is 0 Å². The maximum absolute atomic E-state index is 14.0. The summed E-state index contributed by atoms with van der Waals surface area (Å²) in [6.07, 6.45) is 7.19. The summed E-state index contributed by atoms with van der Waals surface area (Å²) in [6.45, 7) is 7.70. The van der Waals surface area contributed by atoms with E-state index in [9.17, 15) is 14.4 Å². The number of nitrogens with one attached hydrogen (secondary N) is 1. The monoisotopic (exact) mass is 512 g/mol. The number of carbonyl (C=O) groups excluding carboxylic acids is 3. The predicted octanol–water partition coefficient (Wildman–Crippen LogP) is 4.30. The van der Waals surface area contributed by atoms with Crippen LogP contribution in [-0.2, 0) is 20.9 Å². The van der Waals surface area contributed by atoms with Gasteiger partial charge in [0, 0.05) is 53.6 Å². The van der Waals surface area contributed by atoms with Gasteiger partial charge in [-0.05, 0) is 31.0 Å². The minimum absolute atomic E-state index is 0.216. The van der Waals surface area contributed by atoms with Gasteiger partial charge >= 0.3 is 6.09 Å². The molecule has 2 unspecified atom stereocenters. The summed E-state index contributed by atoms with van der Waals surface area (Å²) in [6, 6.07) is 5.56. The number of nitrogens with two attached hydrogens (primary N) is 1. The second-order valence-electron chi connectivity index (χ2n) is 9.18. The number of primary amides is 1. The Morgan fingerprint density at radius 3 is 2.58 bits per heavy atom. The van der Waals surface area contributed by atoms with Crippen molar-refractivity contribution < 1.29 is 19.1 Å². The van der Waals surface area contributed by atoms with Crippen molar-refractivity contribution in [2.75, 3.05) is 5.32 Å². The van der Waals surface area contributed by atoms with Crippen LogP contribution in [0.4, 0.5) is 9.93 Å². The van der Waals surface area contributed by atoms with Crippen LogP contribution in [-0.4, -0.2) is 43.1 Å². The molecule has 2 amide bonds. The summed E-state index contributed by atoms with van der Waals surface area (Å²) in [5.74, 6) is -2.39. The molecule has 0 spiro atoms. The molecule has 0 aromatic carbocycles. The van der Waals surface area contributed by atoms with Crippen LogP contribution in [0.1, 0.15) is 47.0 Å². The number of amides is 2. The average molecular weight is 513 g/mol.